The van der Waals surface area contributed by atoms with Crippen LogP contribution in [0.5, 0.6) is 0 Å². The van der Waals surface area contributed by atoms with Crippen molar-refractivity contribution in [1.29, 1.82) is 0 Å². The zero-order valence-corrected chi connectivity index (χ0v) is 16.8. The molecule has 6 heteroatoms. The fourth-order valence-corrected chi connectivity index (χ4v) is 2.70. The number of carbonyl (C=O) groups is 1. The van der Waals surface area contributed by atoms with Crippen molar-refractivity contribution in [3.05, 3.63) is 60.8 Å². The molecule has 1 aliphatic rings. The van der Waals surface area contributed by atoms with E-state index in [0.29, 0.717) is 29.5 Å². The number of hydrogen-bond acceptors (Lipinski definition) is 2. The summed E-state index contributed by atoms with van der Waals surface area (Å²) in [5, 5.41) is 0. The summed E-state index contributed by atoms with van der Waals surface area (Å²) in [7, 11) is 0. The molecule has 1 radical (unpaired) electrons. The molecule has 0 amide bonds. The standard InChI is InChI=1S/C16H12F3NO.C2H6.CH3.Ir/c17-16(18,19)15-9-10(7-8-20-15)11-3-1-5-13-12(11)4-2-6-14(13)21;1-2;;/h1,3,5,7-9H,2,4,6H2;1-2H3;1H3;/q;;-1;. The second-order valence-corrected chi connectivity index (χ2v) is 5.04. The molecule has 0 aliphatic heterocycles. The Morgan fingerprint density at radius 2 is 1.68 bits per heavy atom. The van der Waals surface area contributed by atoms with Gasteiger partial charge in [-0.1, -0.05) is 32.0 Å². The number of benzene rings is 1. The van der Waals surface area contributed by atoms with Crippen LogP contribution in [-0.2, 0) is 32.7 Å². The third-order valence-corrected chi connectivity index (χ3v) is 3.67. The van der Waals surface area contributed by atoms with Gasteiger partial charge in [0.15, 0.2) is 5.78 Å². The minimum Gasteiger partial charge on any atom is -0.358 e. The van der Waals surface area contributed by atoms with Crippen LogP contribution in [0.1, 0.15) is 48.3 Å². The van der Waals surface area contributed by atoms with Gasteiger partial charge < -0.3 is 7.43 Å². The number of rotatable bonds is 1. The Balaban J connectivity index is 0.00000139. The van der Waals surface area contributed by atoms with Crippen LogP contribution in [0.15, 0.2) is 36.5 Å². The normalized spacial score (nSPS) is 12.8. The molecule has 0 unspecified atom stereocenters. The molecule has 25 heavy (non-hydrogen) atoms. The molecule has 1 aromatic carbocycles. The first-order valence-electron chi connectivity index (χ1n) is 7.65. The van der Waals surface area contributed by atoms with Crippen LogP contribution < -0.4 is 0 Å². The number of hydrogen-bond donors (Lipinski definition) is 0. The number of fused-ring (bicyclic) bond motifs is 1. The van der Waals surface area contributed by atoms with Gasteiger partial charge in [0.25, 0.3) is 0 Å². The van der Waals surface area contributed by atoms with Crippen molar-refractivity contribution in [3.8, 4) is 11.1 Å². The Morgan fingerprint density at radius 3 is 2.32 bits per heavy atom. The van der Waals surface area contributed by atoms with Crippen molar-refractivity contribution in [2.75, 3.05) is 0 Å². The number of alkyl halides is 3. The Hall–Kier alpha value is -1.52. The fourth-order valence-electron chi connectivity index (χ4n) is 2.70. The van der Waals surface area contributed by atoms with Crippen molar-refractivity contribution in [3.63, 3.8) is 0 Å². The van der Waals surface area contributed by atoms with Gasteiger partial charge in [-0.2, -0.15) is 13.2 Å². The van der Waals surface area contributed by atoms with E-state index in [0.717, 1.165) is 24.2 Å². The summed E-state index contributed by atoms with van der Waals surface area (Å²) in [4.78, 5) is 15.3. The topological polar surface area (TPSA) is 30.0 Å². The minimum atomic E-state index is -4.47. The predicted octanol–water partition coefficient (Wildman–Crippen LogP) is 5.76. The Morgan fingerprint density at radius 1 is 1.04 bits per heavy atom. The number of carbonyl (C=O) groups excluding carboxylic acids is 1. The molecule has 3 rings (SSSR count). The maximum absolute atomic E-state index is 12.8. The number of ketones is 1. The molecule has 1 aromatic heterocycles. The van der Waals surface area contributed by atoms with Crippen molar-refractivity contribution < 1.29 is 38.1 Å². The molecule has 0 N–H and O–H groups in total. The fraction of sp³-hybridized carbons (Fsp3) is 0.316. The quantitative estimate of drug-likeness (QED) is 0.441. The van der Waals surface area contributed by atoms with Crippen LogP contribution in [-0.4, -0.2) is 10.8 Å². The van der Waals surface area contributed by atoms with Crippen molar-refractivity contribution in [1.82, 2.24) is 4.98 Å². The molecule has 139 valence electrons. The van der Waals surface area contributed by atoms with Crippen molar-refractivity contribution >= 4 is 5.78 Å². The summed E-state index contributed by atoms with van der Waals surface area (Å²) in [5.41, 5.74) is 1.69. The molecule has 1 aliphatic carbocycles. The van der Waals surface area contributed by atoms with E-state index in [4.69, 9.17) is 0 Å². The van der Waals surface area contributed by atoms with Gasteiger partial charge in [0.1, 0.15) is 5.69 Å². The SMILES string of the molecule is CC.O=C1CCCc2c1cccc2-c1ccnc(C(F)(F)F)c1.[CH3-].[Ir]. The van der Waals surface area contributed by atoms with Crippen LogP contribution in [0.25, 0.3) is 11.1 Å². The summed E-state index contributed by atoms with van der Waals surface area (Å²) < 4.78 is 38.3. The summed E-state index contributed by atoms with van der Waals surface area (Å²) in [5.74, 6) is 0.0585. The van der Waals surface area contributed by atoms with E-state index in [1.54, 1.807) is 24.3 Å². The maximum Gasteiger partial charge on any atom is 0.433 e. The maximum atomic E-state index is 12.8. The Kier molecular flexibility index (Phi) is 9.23. The first-order chi connectivity index (χ1) is 11.0. The van der Waals surface area contributed by atoms with E-state index in [1.165, 1.54) is 0 Å². The summed E-state index contributed by atoms with van der Waals surface area (Å²) >= 11 is 0. The van der Waals surface area contributed by atoms with Gasteiger partial charge in [-0.25, -0.2) is 0 Å². The van der Waals surface area contributed by atoms with Gasteiger partial charge in [0, 0.05) is 38.3 Å². The van der Waals surface area contributed by atoms with Gasteiger partial charge in [0.05, 0.1) is 0 Å². The molecule has 0 saturated carbocycles. The molecule has 0 saturated heterocycles. The van der Waals surface area contributed by atoms with Crippen molar-refractivity contribution in [2.24, 2.45) is 0 Å². The molecular formula is C19H21F3IrNO-. The minimum absolute atomic E-state index is 0. The first kappa shape index (κ1) is 23.5. The van der Waals surface area contributed by atoms with E-state index >= 15 is 0 Å². The van der Waals surface area contributed by atoms with Crippen LogP contribution in [0.2, 0.25) is 0 Å². The largest absolute Gasteiger partial charge is 0.433 e. The molecular weight excluding hydrogens is 507 g/mol. The van der Waals surface area contributed by atoms with Gasteiger partial charge in [-0.05, 0) is 41.7 Å². The zero-order valence-electron chi connectivity index (χ0n) is 14.4. The third kappa shape index (κ3) is 5.22. The zero-order chi connectivity index (χ0) is 17.0. The summed E-state index contributed by atoms with van der Waals surface area (Å²) in [6, 6.07) is 7.79. The van der Waals surface area contributed by atoms with Crippen LogP contribution in [0.4, 0.5) is 13.2 Å². The van der Waals surface area contributed by atoms with Gasteiger partial charge in [-0.15, -0.1) is 0 Å². The van der Waals surface area contributed by atoms with E-state index in [9.17, 15) is 18.0 Å². The summed E-state index contributed by atoms with van der Waals surface area (Å²) in [6.07, 6.45) is -1.37. The first-order valence-corrected chi connectivity index (χ1v) is 7.65. The van der Waals surface area contributed by atoms with Gasteiger partial charge in [0.2, 0.25) is 0 Å². The second-order valence-electron chi connectivity index (χ2n) is 5.04. The van der Waals surface area contributed by atoms with E-state index in [1.807, 2.05) is 13.8 Å². The molecule has 0 fully saturated rings. The smallest absolute Gasteiger partial charge is 0.358 e. The summed E-state index contributed by atoms with van der Waals surface area (Å²) in [6.45, 7) is 4.00. The number of pyridine rings is 1. The molecule has 2 nitrogen and oxygen atoms in total. The third-order valence-electron chi connectivity index (χ3n) is 3.67. The van der Waals surface area contributed by atoms with E-state index in [2.05, 4.69) is 4.98 Å². The molecule has 0 bridgehead atoms. The number of nitrogens with zero attached hydrogens (tertiary/aromatic N) is 1. The van der Waals surface area contributed by atoms with Crippen LogP contribution in [0.3, 0.4) is 0 Å². The Labute approximate surface area is 160 Å². The monoisotopic (exact) mass is 529 g/mol. The number of aromatic nitrogens is 1. The van der Waals surface area contributed by atoms with Crippen molar-refractivity contribution in [2.45, 2.75) is 39.3 Å². The molecule has 0 atom stereocenters. The Bertz CT molecular complexity index is 714. The second kappa shape index (κ2) is 9.83. The van der Waals surface area contributed by atoms with E-state index in [-0.39, 0.29) is 33.3 Å². The average molecular weight is 529 g/mol. The van der Waals surface area contributed by atoms with E-state index < -0.39 is 11.9 Å². The predicted molar refractivity (Wildman–Crippen MR) is 89.7 cm³/mol. The average Bonchev–Trinajstić information content (AvgIpc) is 2.56. The van der Waals surface area contributed by atoms with Gasteiger partial charge in [-0.3, -0.25) is 9.78 Å². The molecule has 0 spiro atoms. The van der Waals surface area contributed by atoms with Crippen LogP contribution in [0, 0.1) is 7.43 Å². The molecule has 2 aromatic rings. The number of Topliss-reactive ketones (excluding diaryl/α,β-unsaturated/α-hetero) is 1. The molecule has 1 heterocycles. The van der Waals surface area contributed by atoms with Gasteiger partial charge >= 0.3 is 6.18 Å². The number of halogens is 3. The van der Waals surface area contributed by atoms with Crippen LogP contribution >= 0.6 is 0 Å².